The first-order valence-electron chi connectivity index (χ1n) is 7.25. The molecule has 1 saturated heterocycles. The second-order valence-corrected chi connectivity index (χ2v) is 5.92. The molecule has 5 heteroatoms. The van der Waals surface area contributed by atoms with Crippen molar-refractivity contribution in [3.05, 3.63) is 18.0 Å². The molecule has 1 aliphatic carbocycles. The van der Waals surface area contributed by atoms with E-state index in [1.54, 1.807) is 0 Å². The van der Waals surface area contributed by atoms with Gasteiger partial charge in [0, 0.05) is 31.7 Å². The molecule has 5 nitrogen and oxygen atoms in total. The van der Waals surface area contributed by atoms with E-state index in [0.29, 0.717) is 12.3 Å². The summed E-state index contributed by atoms with van der Waals surface area (Å²) in [5.41, 5.74) is 7.32. The van der Waals surface area contributed by atoms with Crippen molar-refractivity contribution in [2.45, 2.75) is 38.1 Å². The van der Waals surface area contributed by atoms with Gasteiger partial charge in [-0.15, -0.1) is 0 Å². The minimum absolute atomic E-state index is 0.199. The Morgan fingerprint density at radius 2 is 2.32 bits per heavy atom. The Balaban J connectivity index is 1.43. The Bertz CT molecular complexity index is 427. The highest BCUT2D eigenvalue weighted by Gasteiger charge is 2.41. The van der Waals surface area contributed by atoms with Crippen molar-refractivity contribution in [2.24, 2.45) is 17.6 Å². The van der Waals surface area contributed by atoms with E-state index in [0.717, 1.165) is 31.8 Å². The number of rotatable bonds is 5. The van der Waals surface area contributed by atoms with Gasteiger partial charge in [0.25, 0.3) is 0 Å². The largest absolute Gasteiger partial charge is 0.341 e. The highest BCUT2D eigenvalue weighted by Crippen LogP contribution is 2.40. The highest BCUT2D eigenvalue weighted by atomic mass is 16.2. The van der Waals surface area contributed by atoms with Crippen LogP contribution in [-0.2, 0) is 11.2 Å². The van der Waals surface area contributed by atoms with E-state index in [-0.39, 0.29) is 11.9 Å². The van der Waals surface area contributed by atoms with Crippen LogP contribution in [0.15, 0.2) is 12.4 Å². The fourth-order valence-electron chi connectivity index (χ4n) is 3.10. The first-order chi connectivity index (χ1) is 9.24. The molecule has 1 aliphatic heterocycles. The fourth-order valence-corrected chi connectivity index (χ4v) is 3.10. The standard InChI is InChI=1S/C14H22N4O/c15-13-9-18(8-12(13)11-4-5-11)14(19)3-1-2-10-6-16-17-7-10/h6-7,11-13H,1-5,8-9,15H2,(H,16,17). The van der Waals surface area contributed by atoms with E-state index in [4.69, 9.17) is 5.73 Å². The van der Waals surface area contributed by atoms with Crippen LogP contribution < -0.4 is 5.73 Å². The van der Waals surface area contributed by atoms with Crippen LogP contribution in [-0.4, -0.2) is 40.1 Å². The van der Waals surface area contributed by atoms with Gasteiger partial charge in [-0.3, -0.25) is 9.89 Å². The molecule has 2 heterocycles. The van der Waals surface area contributed by atoms with E-state index in [1.807, 2.05) is 17.3 Å². The smallest absolute Gasteiger partial charge is 0.222 e. The Kier molecular flexibility index (Phi) is 3.55. The molecule has 2 fully saturated rings. The number of aromatic nitrogens is 2. The first kappa shape index (κ1) is 12.7. The minimum Gasteiger partial charge on any atom is -0.341 e. The zero-order valence-corrected chi connectivity index (χ0v) is 11.2. The molecular weight excluding hydrogens is 240 g/mol. The Morgan fingerprint density at radius 3 is 3.00 bits per heavy atom. The lowest BCUT2D eigenvalue weighted by Crippen LogP contribution is -2.32. The quantitative estimate of drug-likeness (QED) is 0.829. The normalized spacial score (nSPS) is 26.9. The molecule has 3 N–H and O–H groups in total. The minimum atomic E-state index is 0.199. The van der Waals surface area contributed by atoms with Crippen LogP contribution in [0.2, 0.25) is 0 Å². The molecule has 2 atom stereocenters. The number of carbonyl (C=O) groups excluding carboxylic acids is 1. The van der Waals surface area contributed by atoms with Crippen LogP contribution in [0.5, 0.6) is 0 Å². The Labute approximate surface area is 113 Å². The molecule has 2 aliphatic rings. The number of aromatic amines is 1. The van der Waals surface area contributed by atoms with Gasteiger partial charge in [-0.05, 0) is 43.1 Å². The lowest BCUT2D eigenvalue weighted by Gasteiger charge is -2.16. The molecule has 0 spiro atoms. The van der Waals surface area contributed by atoms with Crippen molar-refractivity contribution >= 4 is 5.91 Å². The summed E-state index contributed by atoms with van der Waals surface area (Å²) in [4.78, 5) is 14.1. The van der Waals surface area contributed by atoms with Gasteiger partial charge < -0.3 is 10.6 Å². The maximum absolute atomic E-state index is 12.2. The summed E-state index contributed by atoms with van der Waals surface area (Å²) in [6.07, 6.45) is 8.74. The van der Waals surface area contributed by atoms with Gasteiger partial charge in [0.1, 0.15) is 0 Å². The van der Waals surface area contributed by atoms with E-state index in [1.165, 1.54) is 18.4 Å². The van der Waals surface area contributed by atoms with Crippen molar-refractivity contribution in [3.8, 4) is 0 Å². The monoisotopic (exact) mass is 262 g/mol. The SMILES string of the molecule is NC1CN(C(=O)CCCc2cn[nH]c2)CC1C1CC1. The lowest BCUT2D eigenvalue weighted by atomic mass is 9.99. The van der Waals surface area contributed by atoms with Crippen molar-refractivity contribution in [1.82, 2.24) is 15.1 Å². The first-order valence-corrected chi connectivity index (χ1v) is 7.25. The maximum Gasteiger partial charge on any atom is 0.222 e. The van der Waals surface area contributed by atoms with Crippen LogP contribution in [0, 0.1) is 11.8 Å². The second-order valence-electron chi connectivity index (χ2n) is 5.92. The van der Waals surface area contributed by atoms with Gasteiger partial charge in [-0.2, -0.15) is 5.10 Å². The molecule has 2 unspecified atom stereocenters. The average Bonchev–Trinajstić information content (AvgIpc) is 2.96. The van der Waals surface area contributed by atoms with Crippen molar-refractivity contribution in [2.75, 3.05) is 13.1 Å². The highest BCUT2D eigenvalue weighted by molar-refractivity contribution is 5.76. The second kappa shape index (κ2) is 5.33. The summed E-state index contributed by atoms with van der Waals surface area (Å²) in [6.45, 7) is 1.64. The summed E-state index contributed by atoms with van der Waals surface area (Å²) in [6, 6.07) is 0.199. The van der Waals surface area contributed by atoms with Gasteiger partial charge in [-0.25, -0.2) is 0 Å². The number of H-pyrrole nitrogens is 1. The molecule has 1 amide bonds. The third kappa shape index (κ3) is 2.97. The van der Waals surface area contributed by atoms with Crippen molar-refractivity contribution in [3.63, 3.8) is 0 Å². The summed E-state index contributed by atoms with van der Waals surface area (Å²) < 4.78 is 0. The molecule has 3 rings (SSSR count). The molecule has 0 bridgehead atoms. The van der Waals surface area contributed by atoms with Crippen molar-refractivity contribution in [1.29, 1.82) is 0 Å². The van der Waals surface area contributed by atoms with Crippen LogP contribution in [0.1, 0.15) is 31.2 Å². The predicted molar refractivity (Wildman–Crippen MR) is 72.3 cm³/mol. The van der Waals surface area contributed by atoms with Gasteiger partial charge in [0.05, 0.1) is 6.20 Å². The van der Waals surface area contributed by atoms with Gasteiger partial charge in [-0.1, -0.05) is 0 Å². The number of carbonyl (C=O) groups is 1. The molecule has 0 radical (unpaired) electrons. The van der Waals surface area contributed by atoms with E-state index in [2.05, 4.69) is 10.2 Å². The third-order valence-corrected chi connectivity index (χ3v) is 4.40. The third-order valence-electron chi connectivity index (χ3n) is 4.40. The number of likely N-dealkylation sites (tertiary alicyclic amines) is 1. The number of nitrogens with one attached hydrogen (secondary N) is 1. The molecule has 19 heavy (non-hydrogen) atoms. The molecule has 104 valence electrons. The summed E-state index contributed by atoms with van der Waals surface area (Å²) in [7, 11) is 0. The average molecular weight is 262 g/mol. The zero-order chi connectivity index (χ0) is 13.2. The zero-order valence-electron chi connectivity index (χ0n) is 11.2. The number of nitrogens with zero attached hydrogens (tertiary/aromatic N) is 2. The van der Waals surface area contributed by atoms with Crippen molar-refractivity contribution < 1.29 is 4.79 Å². The number of aryl methyl sites for hydroxylation is 1. The van der Waals surface area contributed by atoms with Crippen LogP contribution in [0.3, 0.4) is 0 Å². The molecule has 1 aromatic rings. The van der Waals surface area contributed by atoms with E-state index < -0.39 is 0 Å². The topological polar surface area (TPSA) is 75.0 Å². The Hall–Kier alpha value is -1.36. The molecule has 1 aromatic heterocycles. The fraction of sp³-hybridized carbons (Fsp3) is 0.714. The van der Waals surface area contributed by atoms with Gasteiger partial charge in [0.2, 0.25) is 5.91 Å². The maximum atomic E-state index is 12.2. The number of nitrogens with two attached hydrogens (primary N) is 1. The summed E-state index contributed by atoms with van der Waals surface area (Å²) >= 11 is 0. The number of hydrogen-bond donors (Lipinski definition) is 2. The summed E-state index contributed by atoms with van der Waals surface area (Å²) in [5, 5.41) is 6.70. The Morgan fingerprint density at radius 1 is 1.47 bits per heavy atom. The van der Waals surface area contributed by atoms with Crippen LogP contribution >= 0.6 is 0 Å². The molecule has 1 saturated carbocycles. The molecular formula is C14H22N4O. The summed E-state index contributed by atoms with van der Waals surface area (Å²) in [5.74, 6) is 1.61. The number of amides is 1. The van der Waals surface area contributed by atoms with Gasteiger partial charge in [0.15, 0.2) is 0 Å². The molecule has 0 aromatic carbocycles. The van der Waals surface area contributed by atoms with Crippen LogP contribution in [0.25, 0.3) is 0 Å². The van der Waals surface area contributed by atoms with Gasteiger partial charge >= 0.3 is 0 Å². The number of hydrogen-bond acceptors (Lipinski definition) is 3. The van der Waals surface area contributed by atoms with E-state index in [9.17, 15) is 4.79 Å². The van der Waals surface area contributed by atoms with Crippen LogP contribution in [0.4, 0.5) is 0 Å². The lowest BCUT2D eigenvalue weighted by molar-refractivity contribution is -0.130. The predicted octanol–water partition coefficient (Wildman–Crippen LogP) is 0.928. The van der Waals surface area contributed by atoms with E-state index >= 15 is 0 Å².